The summed E-state index contributed by atoms with van der Waals surface area (Å²) in [6.45, 7) is 2.69. The van der Waals surface area contributed by atoms with E-state index in [1.807, 2.05) is 37.3 Å². The van der Waals surface area contributed by atoms with Crippen LogP contribution in [-0.2, 0) is 23.0 Å². The Kier molecular flexibility index (Phi) is 8.78. The van der Waals surface area contributed by atoms with Crippen LogP contribution in [0.1, 0.15) is 40.2 Å². The highest BCUT2D eigenvalue weighted by atomic mass is 35.5. The second-order valence-electron chi connectivity index (χ2n) is 9.83. The molecule has 0 spiro atoms. The number of carboxylic acid groups (broad SMARTS) is 1. The highest BCUT2D eigenvalue weighted by Gasteiger charge is 2.19. The molecule has 1 heterocycles. The molecule has 0 aliphatic heterocycles. The molecule has 3 aromatic carbocycles. The van der Waals surface area contributed by atoms with Crippen LogP contribution >= 0.6 is 11.6 Å². The first-order valence-electron chi connectivity index (χ1n) is 12.5. The molecular formula is C29H32ClN3O5S. The molecule has 0 bridgehead atoms. The van der Waals surface area contributed by atoms with Crippen molar-refractivity contribution in [3.8, 4) is 0 Å². The van der Waals surface area contributed by atoms with Crippen molar-refractivity contribution in [3.63, 3.8) is 0 Å². The van der Waals surface area contributed by atoms with Crippen LogP contribution in [0.15, 0.2) is 77.7 Å². The van der Waals surface area contributed by atoms with Crippen molar-refractivity contribution in [3.05, 3.63) is 100 Å². The number of aliphatic hydroxyl groups is 1. The molecule has 0 fully saturated rings. The lowest BCUT2D eigenvalue weighted by molar-refractivity contribution is 0.0686. The zero-order valence-electron chi connectivity index (χ0n) is 22.0. The predicted octanol–water partition coefficient (Wildman–Crippen LogP) is 4.55. The van der Waals surface area contributed by atoms with Gasteiger partial charge in [0.15, 0.2) is 0 Å². The lowest BCUT2D eigenvalue weighted by atomic mass is 10.0. The number of sulfonamides is 1. The fourth-order valence-corrected chi connectivity index (χ4v) is 5.63. The van der Waals surface area contributed by atoms with Gasteiger partial charge in [-0.25, -0.2) is 17.5 Å². The van der Waals surface area contributed by atoms with Crippen molar-refractivity contribution >= 4 is 38.5 Å². The average molecular weight is 570 g/mol. The molecule has 206 valence electrons. The third-order valence-electron chi connectivity index (χ3n) is 6.66. The monoisotopic (exact) mass is 569 g/mol. The standard InChI is InChI=1S/C29H32ClN3O5S/c1-19(31-17-28(34)22-5-4-6-24(30)15-22)13-21-9-12-26-23(14-21)16-27(29(35)36)33(26)18-20-7-10-25(11-8-20)39(37,38)32(2)3/h4-12,14-16,19,28,31,34H,13,17-18H2,1-3H3,(H,35,36). The fraction of sp³-hybridized carbons (Fsp3) is 0.276. The van der Waals surface area contributed by atoms with E-state index in [2.05, 4.69) is 5.32 Å². The van der Waals surface area contributed by atoms with Crippen molar-refractivity contribution in [2.45, 2.75) is 36.9 Å². The van der Waals surface area contributed by atoms with Crippen molar-refractivity contribution in [1.29, 1.82) is 0 Å². The van der Waals surface area contributed by atoms with Crippen molar-refractivity contribution in [2.24, 2.45) is 0 Å². The summed E-state index contributed by atoms with van der Waals surface area (Å²) >= 11 is 6.02. The number of nitrogens with zero attached hydrogens (tertiary/aromatic N) is 2. The second-order valence-corrected chi connectivity index (χ2v) is 12.4. The van der Waals surface area contributed by atoms with E-state index in [0.29, 0.717) is 18.0 Å². The minimum atomic E-state index is -3.54. The Morgan fingerprint density at radius 3 is 2.36 bits per heavy atom. The number of rotatable bonds is 11. The molecule has 4 rings (SSSR count). The number of aromatic nitrogens is 1. The SMILES string of the molecule is CC(Cc1ccc2c(c1)cc(C(=O)O)n2Cc1ccc(S(=O)(=O)N(C)C)cc1)NCC(O)c1cccc(Cl)c1. The molecule has 0 saturated heterocycles. The third-order valence-corrected chi connectivity index (χ3v) is 8.73. The van der Waals surface area contributed by atoms with E-state index < -0.39 is 22.1 Å². The first-order chi connectivity index (χ1) is 18.5. The summed E-state index contributed by atoms with van der Waals surface area (Å²) in [5.41, 5.74) is 3.50. The Balaban J connectivity index is 1.49. The number of hydrogen-bond donors (Lipinski definition) is 3. The summed E-state index contributed by atoms with van der Waals surface area (Å²) in [6, 6.07) is 21.2. The van der Waals surface area contributed by atoms with E-state index in [-0.39, 0.29) is 23.2 Å². The maximum Gasteiger partial charge on any atom is 0.352 e. The number of carbonyl (C=O) groups is 1. The highest BCUT2D eigenvalue weighted by molar-refractivity contribution is 7.89. The number of halogens is 1. The Bertz CT molecular complexity index is 1580. The van der Waals surface area contributed by atoms with E-state index in [1.165, 1.54) is 26.2 Å². The summed E-state index contributed by atoms with van der Waals surface area (Å²) in [5.74, 6) is -1.04. The maximum atomic E-state index is 12.4. The molecule has 2 atom stereocenters. The molecular weight excluding hydrogens is 538 g/mol. The number of fused-ring (bicyclic) bond motifs is 1. The first-order valence-corrected chi connectivity index (χ1v) is 14.3. The zero-order valence-corrected chi connectivity index (χ0v) is 23.6. The molecule has 39 heavy (non-hydrogen) atoms. The van der Waals surface area contributed by atoms with Gasteiger partial charge in [-0.3, -0.25) is 0 Å². The van der Waals surface area contributed by atoms with E-state index in [0.717, 1.165) is 31.9 Å². The van der Waals surface area contributed by atoms with Gasteiger partial charge in [-0.15, -0.1) is 0 Å². The Hall–Kier alpha value is -3.21. The topological polar surface area (TPSA) is 112 Å². The lowest BCUT2D eigenvalue weighted by Crippen LogP contribution is -2.32. The normalized spacial score (nSPS) is 13.6. The van der Waals surface area contributed by atoms with Crippen LogP contribution in [0, 0.1) is 0 Å². The van der Waals surface area contributed by atoms with Gasteiger partial charge >= 0.3 is 5.97 Å². The number of aromatic carboxylic acids is 1. The molecule has 2 unspecified atom stereocenters. The first kappa shape index (κ1) is 28.8. The molecule has 3 N–H and O–H groups in total. The summed E-state index contributed by atoms with van der Waals surface area (Å²) < 4.78 is 27.6. The van der Waals surface area contributed by atoms with Gasteiger partial charge in [0.1, 0.15) is 5.69 Å². The summed E-state index contributed by atoms with van der Waals surface area (Å²) in [4.78, 5) is 12.2. The molecule has 0 aliphatic carbocycles. The van der Waals surface area contributed by atoms with Gasteiger partial charge in [0.2, 0.25) is 10.0 Å². The Morgan fingerprint density at radius 1 is 1.03 bits per heavy atom. The number of nitrogens with one attached hydrogen (secondary N) is 1. The smallest absolute Gasteiger partial charge is 0.352 e. The molecule has 0 aliphatic rings. The zero-order chi connectivity index (χ0) is 28.3. The quantitative estimate of drug-likeness (QED) is 0.244. The van der Waals surface area contributed by atoms with E-state index in [4.69, 9.17) is 11.6 Å². The van der Waals surface area contributed by atoms with Crippen molar-refractivity contribution < 1.29 is 23.4 Å². The van der Waals surface area contributed by atoms with Crippen molar-refractivity contribution in [1.82, 2.24) is 14.2 Å². The second kappa shape index (κ2) is 11.9. The number of hydrogen-bond acceptors (Lipinski definition) is 5. The van der Waals surface area contributed by atoms with Crippen molar-refractivity contribution in [2.75, 3.05) is 20.6 Å². The number of benzene rings is 3. The Morgan fingerprint density at radius 2 is 1.72 bits per heavy atom. The van der Waals surface area contributed by atoms with Gasteiger partial charge in [-0.05, 0) is 72.5 Å². The van der Waals surface area contributed by atoms with Crippen LogP contribution in [0.5, 0.6) is 0 Å². The highest BCUT2D eigenvalue weighted by Crippen LogP contribution is 2.25. The lowest BCUT2D eigenvalue weighted by Gasteiger charge is -2.18. The number of carboxylic acids is 1. The van der Waals surface area contributed by atoms with Crippen LogP contribution in [0.3, 0.4) is 0 Å². The van der Waals surface area contributed by atoms with Gasteiger partial charge in [-0.1, -0.05) is 41.9 Å². The summed E-state index contributed by atoms with van der Waals surface area (Å²) in [5, 5.41) is 25.1. The van der Waals surface area contributed by atoms with E-state index in [1.54, 1.807) is 34.9 Å². The fourth-order valence-electron chi connectivity index (χ4n) is 4.53. The van der Waals surface area contributed by atoms with E-state index >= 15 is 0 Å². The Labute approximate surface area is 233 Å². The molecule has 0 radical (unpaired) electrons. The average Bonchev–Trinajstić information content (AvgIpc) is 3.25. The van der Waals surface area contributed by atoms with Gasteiger partial charge in [0.25, 0.3) is 0 Å². The summed E-state index contributed by atoms with van der Waals surface area (Å²) in [6.07, 6.45) is 0.00554. The minimum Gasteiger partial charge on any atom is -0.477 e. The van der Waals surface area contributed by atoms with Gasteiger partial charge < -0.3 is 20.1 Å². The predicted molar refractivity (Wildman–Crippen MR) is 153 cm³/mol. The number of aliphatic hydroxyl groups excluding tert-OH is 1. The van der Waals surface area contributed by atoms with Gasteiger partial charge in [-0.2, -0.15) is 0 Å². The molecule has 1 aromatic heterocycles. The molecule has 0 saturated carbocycles. The molecule has 8 nitrogen and oxygen atoms in total. The third kappa shape index (κ3) is 6.69. The molecule has 0 amide bonds. The molecule has 4 aromatic rings. The van der Waals surface area contributed by atoms with Crippen LogP contribution in [0.2, 0.25) is 5.02 Å². The summed E-state index contributed by atoms with van der Waals surface area (Å²) in [7, 11) is -0.592. The van der Waals surface area contributed by atoms with Crippen LogP contribution in [0.25, 0.3) is 10.9 Å². The van der Waals surface area contributed by atoms with Gasteiger partial charge in [0, 0.05) is 49.2 Å². The van der Waals surface area contributed by atoms with Crippen LogP contribution in [-0.4, -0.2) is 60.2 Å². The van der Waals surface area contributed by atoms with Crippen LogP contribution in [0.4, 0.5) is 0 Å². The van der Waals surface area contributed by atoms with Gasteiger partial charge in [0.05, 0.1) is 11.0 Å². The van der Waals surface area contributed by atoms with E-state index in [9.17, 15) is 23.4 Å². The molecule has 10 heteroatoms. The largest absolute Gasteiger partial charge is 0.477 e. The maximum absolute atomic E-state index is 12.4. The van der Waals surface area contributed by atoms with Crippen LogP contribution < -0.4 is 5.32 Å². The minimum absolute atomic E-state index is 0.0641.